The van der Waals surface area contributed by atoms with Gasteiger partial charge in [0.2, 0.25) is 0 Å². The molecule has 1 atom stereocenters. The summed E-state index contributed by atoms with van der Waals surface area (Å²) >= 11 is 1.38. The van der Waals surface area contributed by atoms with Gasteiger partial charge in [-0.3, -0.25) is 0 Å². The van der Waals surface area contributed by atoms with E-state index >= 15 is 0 Å². The molecular weight excluding hydrogens is 234 g/mol. The third kappa shape index (κ3) is 3.25. The third-order valence-corrected chi connectivity index (χ3v) is 3.84. The van der Waals surface area contributed by atoms with Crippen molar-refractivity contribution >= 4 is 22.4 Å². The number of aromatic nitrogens is 1. The molecule has 96 valence electrons. The number of hydrogen-bond donors (Lipinski definition) is 2. The van der Waals surface area contributed by atoms with Crippen LogP contribution in [-0.4, -0.2) is 17.0 Å². The zero-order chi connectivity index (χ0) is 12.4. The molecule has 1 saturated carbocycles. The molecular formula is C12H21N3OS. The molecule has 5 heteroatoms. The maximum Gasteiger partial charge on any atom is 0.197 e. The number of hydrogen-bond acceptors (Lipinski definition) is 5. The molecule has 0 radical (unpaired) electrons. The van der Waals surface area contributed by atoms with Crippen LogP contribution >= 0.6 is 11.5 Å². The van der Waals surface area contributed by atoms with Gasteiger partial charge in [0.1, 0.15) is 0 Å². The molecule has 1 unspecified atom stereocenters. The maximum atomic E-state index is 5.80. The SMILES string of the molecule is CC(C)Oc1c(N)nsc1NCC(C)C1CC1. The van der Waals surface area contributed by atoms with Crippen LogP contribution in [0.15, 0.2) is 0 Å². The minimum absolute atomic E-state index is 0.120. The zero-order valence-corrected chi connectivity index (χ0v) is 11.5. The molecule has 0 spiro atoms. The van der Waals surface area contributed by atoms with E-state index in [0.717, 1.165) is 17.5 Å². The summed E-state index contributed by atoms with van der Waals surface area (Å²) in [5.41, 5.74) is 5.80. The molecule has 17 heavy (non-hydrogen) atoms. The number of ether oxygens (including phenoxy) is 1. The molecule has 2 rings (SSSR count). The monoisotopic (exact) mass is 255 g/mol. The Morgan fingerprint density at radius 3 is 2.76 bits per heavy atom. The Morgan fingerprint density at radius 1 is 1.47 bits per heavy atom. The van der Waals surface area contributed by atoms with Crippen molar-refractivity contribution in [2.75, 3.05) is 17.6 Å². The van der Waals surface area contributed by atoms with Gasteiger partial charge in [-0.15, -0.1) is 0 Å². The van der Waals surface area contributed by atoms with E-state index in [1.54, 1.807) is 0 Å². The molecule has 1 heterocycles. The van der Waals surface area contributed by atoms with E-state index < -0.39 is 0 Å². The van der Waals surface area contributed by atoms with Crippen molar-refractivity contribution in [3.05, 3.63) is 0 Å². The summed E-state index contributed by atoms with van der Waals surface area (Å²) in [5, 5.41) is 4.37. The number of rotatable bonds is 6. The van der Waals surface area contributed by atoms with Gasteiger partial charge >= 0.3 is 0 Å². The Morgan fingerprint density at radius 2 is 2.18 bits per heavy atom. The molecule has 1 aromatic rings. The normalized spacial score (nSPS) is 17.2. The second-order valence-corrected chi connectivity index (χ2v) is 5.86. The van der Waals surface area contributed by atoms with Crippen LogP contribution in [-0.2, 0) is 0 Å². The highest BCUT2D eigenvalue weighted by molar-refractivity contribution is 7.11. The first-order chi connectivity index (χ1) is 8.08. The molecule has 3 N–H and O–H groups in total. The van der Waals surface area contributed by atoms with Crippen LogP contribution in [0.25, 0.3) is 0 Å². The topological polar surface area (TPSA) is 60.2 Å². The second-order valence-electron chi connectivity index (χ2n) is 5.09. The van der Waals surface area contributed by atoms with Crippen molar-refractivity contribution in [2.45, 2.75) is 39.7 Å². The van der Waals surface area contributed by atoms with Gasteiger partial charge in [-0.1, -0.05) is 6.92 Å². The molecule has 4 nitrogen and oxygen atoms in total. The van der Waals surface area contributed by atoms with Gasteiger partial charge in [0.15, 0.2) is 16.6 Å². The lowest BCUT2D eigenvalue weighted by atomic mass is 10.1. The highest BCUT2D eigenvalue weighted by Gasteiger charge is 2.28. The fourth-order valence-electron chi connectivity index (χ4n) is 1.84. The summed E-state index contributed by atoms with van der Waals surface area (Å²) in [5.74, 6) is 2.82. The molecule has 0 amide bonds. The van der Waals surface area contributed by atoms with E-state index in [2.05, 4.69) is 16.6 Å². The average Bonchev–Trinajstić information content (AvgIpc) is 3.05. The highest BCUT2D eigenvalue weighted by Crippen LogP contribution is 2.39. The Labute approximate surface area is 107 Å². The Balaban J connectivity index is 1.94. The minimum atomic E-state index is 0.120. The predicted octanol–water partition coefficient (Wildman–Crippen LogP) is 2.97. The third-order valence-electron chi connectivity index (χ3n) is 3.04. The van der Waals surface area contributed by atoms with Crippen LogP contribution in [0.1, 0.15) is 33.6 Å². The van der Waals surface area contributed by atoms with Gasteiger partial charge in [0, 0.05) is 6.54 Å². The first kappa shape index (κ1) is 12.5. The van der Waals surface area contributed by atoms with Gasteiger partial charge in [0.25, 0.3) is 0 Å². The number of nitrogens with zero attached hydrogens (tertiary/aromatic N) is 1. The second kappa shape index (κ2) is 5.12. The molecule has 1 aliphatic rings. The smallest absolute Gasteiger partial charge is 0.197 e. The molecule has 0 aliphatic heterocycles. The summed E-state index contributed by atoms with van der Waals surface area (Å²) in [6.45, 7) is 7.25. The highest BCUT2D eigenvalue weighted by atomic mass is 32.1. The van der Waals surface area contributed by atoms with Crippen LogP contribution in [0, 0.1) is 11.8 Å². The number of nitrogen functional groups attached to an aromatic ring is 1. The Bertz CT molecular complexity index is 374. The van der Waals surface area contributed by atoms with Gasteiger partial charge in [-0.05, 0) is 50.1 Å². The van der Waals surface area contributed by atoms with E-state index in [1.807, 2.05) is 13.8 Å². The van der Waals surface area contributed by atoms with E-state index in [0.29, 0.717) is 17.5 Å². The van der Waals surface area contributed by atoms with Gasteiger partial charge < -0.3 is 15.8 Å². The van der Waals surface area contributed by atoms with Crippen molar-refractivity contribution < 1.29 is 4.74 Å². The minimum Gasteiger partial charge on any atom is -0.484 e. The lowest BCUT2D eigenvalue weighted by molar-refractivity contribution is 0.245. The molecule has 1 aliphatic carbocycles. The molecule has 1 fully saturated rings. The van der Waals surface area contributed by atoms with Crippen molar-refractivity contribution in [3.8, 4) is 5.75 Å². The Hall–Kier alpha value is -0.970. The van der Waals surface area contributed by atoms with Crippen LogP contribution in [0.2, 0.25) is 0 Å². The summed E-state index contributed by atoms with van der Waals surface area (Å²) < 4.78 is 9.82. The molecule has 1 aromatic heterocycles. The van der Waals surface area contributed by atoms with Crippen molar-refractivity contribution in [1.82, 2.24) is 4.37 Å². The van der Waals surface area contributed by atoms with E-state index in [9.17, 15) is 0 Å². The molecule has 0 bridgehead atoms. The zero-order valence-electron chi connectivity index (χ0n) is 10.7. The van der Waals surface area contributed by atoms with Crippen molar-refractivity contribution in [3.63, 3.8) is 0 Å². The average molecular weight is 255 g/mol. The van der Waals surface area contributed by atoms with Crippen molar-refractivity contribution in [2.24, 2.45) is 11.8 Å². The van der Waals surface area contributed by atoms with Crippen LogP contribution in [0.5, 0.6) is 5.75 Å². The fraction of sp³-hybridized carbons (Fsp3) is 0.750. The number of nitrogens with one attached hydrogen (secondary N) is 1. The quantitative estimate of drug-likeness (QED) is 0.820. The standard InChI is InChI=1S/C12H21N3OS/c1-7(2)16-10-11(13)15-17-12(10)14-6-8(3)9-4-5-9/h7-9,14H,4-6H2,1-3H3,(H2,13,15). The Kier molecular flexibility index (Phi) is 3.76. The number of nitrogens with two attached hydrogens (primary N) is 1. The van der Waals surface area contributed by atoms with Crippen molar-refractivity contribution in [1.29, 1.82) is 0 Å². The molecule has 0 saturated heterocycles. The van der Waals surface area contributed by atoms with Crippen LogP contribution in [0.3, 0.4) is 0 Å². The summed E-state index contributed by atoms with van der Waals surface area (Å²) in [7, 11) is 0. The molecule has 0 aromatic carbocycles. The lowest BCUT2D eigenvalue weighted by Gasteiger charge is -2.14. The van der Waals surface area contributed by atoms with Gasteiger partial charge in [0.05, 0.1) is 6.10 Å². The summed E-state index contributed by atoms with van der Waals surface area (Å²) in [4.78, 5) is 0. The maximum absolute atomic E-state index is 5.80. The fourth-order valence-corrected chi connectivity index (χ4v) is 2.50. The summed E-state index contributed by atoms with van der Waals surface area (Å²) in [6.07, 6.45) is 2.88. The van der Waals surface area contributed by atoms with Crippen LogP contribution in [0.4, 0.5) is 10.8 Å². The lowest BCUT2D eigenvalue weighted by Crippen LogP contribution is -2.14. The summed E-state index contributed by atoms with van der Waals surface area (Å²) in [6, 6.07) is 0. The van der Waals surface area contributed by atoms with E-state index in [-0.39, 0.29) is 6.10 Å². The van der Waals surface area contributed by atoms with Gasteiger partial charge in [-0.25, -0.2) is 0 Å². The van der Waals surface area contributed by atoms with Crippen LogP contribution < -0.4 is 15.8 Å². The first-order valence-corrected chi connectivity index (χ1v) is 7.01. The predicted molar refractivity (Wildman–Crippen MR) is 72.7 cm³/mol. The first-order valence-electron chi connectivity index (χ1n) is 6.23. The van der Waals surface area contributed by atoms with Gasteiger partial charge in [-0.2, -0.15) is 4.37 Å². The van der Waals surface area contributed by atoms with E-state index in [1.165, 1.54) is 24.4 Å². The number of anilines is 2. The largest absolute Gasteiger partial charge is 0.484 e. The van der Waals surface area contributed by atoms with E-state index in [4.69, 9.17) is 10.5 Å².